The van der Waals surface area contributed by atoms with E-state index in [2.05, 4.69) is 9.88 Å². The number of carbonyl (C=O) groups excluding carboxylic acids is 1. The third-order valence-corrected chi connectivity index (χ3v) is 3.81. The maximum Gasteiger partial charge on any atom is 0.223 e. The van der Waals surface area contributed by atoms with E-state index < -0.39 is 0 Å². The van der Waals surface area contributed by atoms with E-state index in [0.717, 1.165) is 37.4 Å². The minimum absolute atomic E-state index is 0.0260. The highest BCUT2D eigenvalue weighted by atomic mass is 16.3. The molecule has 1 aromatic heterocycles. The summed E-state index contributed by atoms with van der Waals surface area (Å²) in [6.07, 6.45) is 3.36. The van der Waals surface area contributed by atoms with Crippen LogP contribution in [0, 0.1) is 0 Å². The lowest BCUT2D eigenvalue weighted by Crippen LogP contribution is -2.51. The second kappa shape index (κ2) is 4.57. The van der Waals surface area contributed by atoms with Crippen LogP contribution in [0.2, 0.25) is 0 Å². The fourth-order valence-corrected chi connectivity index (χ4v) is 2.77. The van der Waals surface area contributed by atoms with Gasteiger partial charge in [0.1, 0.15) is 5.82 Å². The van der Waals surface area contributed by atoms with Crippen LogP contribution in [0.3, 0.4) is 0 Å². The van der Waals surface area contributed by atoms with E-state index in [0.29, 0.717) is 18.4 Å². The molecule has 2 fully saturated rings. The molecule has 5 nitrogen and oxygen atoms in total. The monoisotopic (exact) mass is 247 g/mol. The minimum atomic E-state index is 0.0260. The summed E-state index contributed by atoms with van der Waals surface area (Å²) in [5, 5.41) is 8.99. The Morgan fingerprint density at radius 3 is 3.00 bits per heavy atom. The molecule has 2 aliphatic rings. The second-order valence-electron chi connectivity index (χ2n) is 4.91. The van der Waals surface area contributed by atoms with Gasteiger partial charge in [-0.2, -0.15) is 0 Å². The number of fused-ring (bicyclic) bond motifs is 1. The maximum atomic E-state index is 11.6. The number of nitrogens with zero attached hydrogens (tertiary/aromatic N) is 3. The molecule has 1 N–H and O–H groups in total. The van der Waals surface area contributed by atoms with Crippen molar-refractivity contribution in [3.8, 4) is 0 Å². The Labute approximate surface area is 106 Å². The van der Waals surface area contributed by atoms with Crippen molar-refractivity contribution in [1.82, 2.24) is 9.88 Å². The second-order valence-corrected chi connectivity index (χ2v) is 4.91. The number of anilines is 1. The van der Waals surface area contributed by atoms with E-state index in [1.807, 2.05) is 17.0 Å². The summed E-state index contributed by atoms with van der Waals surface area (Å²) in [4.78, 5) is 20.2. The van der Waals surface area contributed by atoms with E-state index in [9.17, 15) is 4.79 Å². The van der Waals surface area contributed by atoms with E-state index in [4.69, 9.17) is 5.11 Å². The molecule has 0 bridgehead atoms. The first-order valence-electron chi connectivity index (χ1n) is 6.38. The van der Waals surface area contributed by atoms with Gasteiger partial charge in [-0.05, 0) is 18.1 Å². The van der Waals surface area contributed by atoms with Crippen molar-refractivity contribution < 1.29 is 9.90 Å². The van der Waals surface area contributed by atoms with Crippen LogP contribution in [-0.2, 0) is 11.4 Å². The molecule has 0 radical (unpaired) electrons. The first-order valence-corrected chi connectivity index (χ1v) is 6.38. The molecule has 0 aromatic carbocycles. The lowest BCUT2D eigenvalue weighted by Gasteiger charge is -2.38. The van der Waals surface area contributed by atoms with Crippen LogP contribution >= 0.6 is 0 Å². The highest BCUT2D eigenvalue weighted by molar-refractivity contribution is 5.79. The van der Waals surface area contributed by atoms with Crippen molar-refractivity contribution in [2.75, 3.05) is 24.5 Å². The molecule has 0 saturated carbocycles. The average molecular weight is 247 g/mol. The number of pyridine rings is 1. The van der Waals surface area contributed by atoms with Crippen molar-refractivity contribution in [3.63, 3.8) is 0 Å². The van der Waals surface area contributed by atoms with Gasteiger partial charge in [0.05, 0.1) is 6.61 Å². The van der Waals surface area contributed by atoms with Gasteiger partial charge < -0.3 is 14.9 Å². The van der Waals surface area contributed by atoms with Crippen LogP contribution < -0.4 is 4.90 Å². The third-order valence-electron chi connectivity index (χ3n) is 3.81. The maximum absolute atomic E-state index is 11.6. The summed E-state index contributed by atoms with van der Waals surface area (Å²) in [5.74, 6) is 1.23. The Morgan fingerprint density at radius 1 is 1.39 bits per heavy atom. The van der Waals surface area contributed by atoms with Crippen LogP contribution in [0.4, 0.5) is 5.82 Å². The van der Waals surface area contributed by atoms with Gasteiger partial charge in [0.2, 0.25) is 5.91 Å². The van der Waals surface area contributed by atoms with Crippen molar-refractivity contribution in [1.29, 1.82) is 0 Å². The molecule has 18 heavy (non-hydrogen) atoms. The SMILES string of the molecule is O=C1CCC2CN(c3ccc(CO)cn3)CCN12. The first kappa shape index (κ1) is 11.5. The highest BCUT2D eigenvalue weighted by Gasteiger charge is 2.35. The molecule has 3 rings (SSSR count). The van der Waals surface area contributed by atoms with Gasteiger partial charge in [-0.3, -0.25) is 4.79 Å². The molecule has 3 heterocycles. The summed E-state index contributed by atoms with van der Waals surface area (Å²) in [6, 6.07) is 4.19. The van der Waals surface area contributed by atoms with Crippen molar-refractivity contribution >= 4 is 11.7 Å². The fraction of sp³-hybridized carbons (Fsp3) is 0.538. The number of aromatic nitrogens is 1. The van der Waals surface area contributed by atoms with Gasteiger partial charge in [0.25, 0.3) is 0 Å². The van der Waals surface area contributed by atoms with E-state index >= 15 is 0 Å². The van der Waals surface area contributed by atoms with Crippen LogP contribution in [0.5, 0.6) is 0 Å². The molecule has 0 aliphatic carbocycles. The molecule has 5 heteroatoms. The summed E-state index contributed by atoms with van der Waals surface area (Å²) < 4.78 is 0. The molecule has 96 valence electrons. The van der Waals surface area contributed by atoms with Crippen LogP contribution in [0.1, 0.15) is 18.4 Å². The molecule has 1 amide bonds. The number of aliphatic hydroxyl groups excluding tert-OH is 1. The smallest absolute Gasteiger partial charge is 0.223 e. The van der Waals surface area contributed by atoms with Gasteiger partial charge in [-0.25, -0.2) is 4.98 Å². The lowest BCUT2D eigenvalue weighted by molar-refractivity contribution is -0.129. The highest BCUT2D eigenvalue weighted by Crippen LogP contribution is 2.25. The van der Waals surface area contributed by atoms with Crippen LogP contribution in [0.15, 0.2) is 18.3 Å². The van der Waals surface area contributed by atoms with Gasteiger partial charge in [-0.15, -0.1) is 0 Å². The molecule has 2 aliphatic heterocycles. The summed E-state index contributed by atoms with van der Waals surface area (Å²) in [6.45, 7) is 2.54. The largest absolute Gasteiger partial charge is 0.392 e. The molecule has 1 atom stereocenters. The zero-order chi connectivity index (χ0) is 12.5. The summed E-state index contributed by atoms with van der Waals surface area (Å²) >= 11 is 0. The molecule has 0 spiro atoms. The number of amides is 1. The molecule has 1 aromatic rings. The topological polar surface area (TPSA) is 56.7 Å². The number of aliphatic hydroxyl groups is 1. The Bertz CT molecular complexity index is 446. The number of hydrogen-bond acceptors (Lipinski definition) is 4. The van der Waals surface area contributed by atoms with Gasteiger partial charge >= 0.3 is 0 Å². The predicted molar refractivity (Wildman–Crippen MR) is 67.1 cm³/mol. The van der Waals surface area contributed by atoms with Crippen LogP contribution in [0.25, 0.3) is 0 Å². The van der Waals surface area contributed by atoms with E-state index in [1.165, 1.54) is 0 Å². The number of piperazine rings is 1. The number of hydrogen-bond donors (Lipinski definition) is 1. The Morgan fingerprint density at radius 2 is 2.28 bits per heavy atom. The first-order chi connectivity index (χ1) is 8.78. The van der Waals surface area contributed by atoms with Crippen molar-refractivity contribution in [2.24, 2.45) is 0 Å². The van der Waals surface area contributed by atoms with E-state index in [-0.39, 0.29) is 6.61 Å². The number of carbonyl (C=O) groups is 1. The minimum Gasteiger partial charge on any atom is -0.392 e. The molecule has 1 unspecified atom stereocenters. The fourth-order valence-electron chi connectivity index (χ4n) is 2.77. The van der Waals surface area contributed by atoms with Crippen LogP contribution in [-0.4, -0.2) is 46.6 Å². The zero-order valence-corrected chi connectivity index (χ0v) is 10.2. The Balaban J connectivity index is 1.72. The predicted octanol–water partition coefficient (Wildman–Crippen LogP) is 0.385. The third kappa shape index (κ3) is 1.95. The van der Waals surface area contributed by atoms with Gasteiger partial charge in [0.15, 0.2) is 0 Å². The quantitative estimate of drug-likeness (QED) is 0.821. The number of rotatable bonds is 2. The van der Waals surface area contributed by atoms with Crippen molar-refractivity contribution in [2.45, 2.75) is 25.5 Å². The normalized spacial score (nSPS) is 23.4. The Hall–Kier alpha value is -1.62. The molecular formula is C13H17N3O2. The Kier molecular flexibility index (Phi) is 2.91. The van der Waals surface area contributed by atoms with Crippen molar-refractivity contribution in [3.05, 3.63) is 23.9 Å². The van der Waals surface area contributed by atoms with Gasteiger partial charge in [0, 0.05) is 38.3 Å². The molecule has 2 saturated heterocycles. The zero-order valence-electron chi connectivity index (χ0n) is 10.2. The summed E-state index contributed by atoms with van der Waals surface area (Å²) in [5.41, 5.74) is 0.827. The molecular weight excluding hydrogens is 230 g/mol. The average Bonchev–Trinajstić information content (AvgIpc) is 2.80. The summed E-state index contributed by atoms with van der Waals surface area (Å²) in [7, 11) is 0. The standard InChI is InChI=1S/C13H17N3O2/c17-9-10-1-3-12(14-7-10)15-5-6-16-11(8-15)2-4-13(16)18/h1,3,7,11,17H,2,4-6,8-9H2. The lowest BCUT2D eigenvalue weighted by atomic mass is 10.1. The van der Waals surface area contributed by atoms with E-state index in [1.54, 1.807) is 6.20 Å². The van der Waals surface area contributed by atoms with Gasteiger partial charge in [-0.1, -0.05) is 6.07 Å².